The highest BCUT2D eigenvalue weighted by atomic mass is 19.1. The molecule has 27 heavy (non-hydrogen) atoms. The predicted octanol–water partition coefficient (Wildman–Crippen LogP) is 3.77. The maximum absolute atomic E-state index is 14.0. The normalized spacial score (nSPS) is 13.2. The van der Waals surface area contributed by atoms with Crippen LogP contribution < -0.4 is 15.5 Å². The summed E-state index contributed by atoms with van der Waals surface area (Å²) in [4.78, 5) is 24.4. The van der Waals surface area contributed by atoms with Crippen LogP contribution in [0.15, 0.2) is 30.3 Å². The van der Waals surface area contributed by atoms with Gasteiger partial charge in [-0.25, -0.2) is 8.78 Å². The quantitative estimate of drug-likeness (QED) is 0.592. The maximum atomic E-state index is 14.0. The molecule has 142 valence electrons. The molecule has 0 saturated heterocycles. The Morgan fingerprint density at radius 3 is 2.33 bits per heavy atom. The van der Waals surface area contributed by atoms with Crippen molar-refractivity contribution in [2.45, 2.75) is 18.9 Å². The summed E-state index contributed by atoms with van der Waals surface area (Å²) in [5.41, 5.74) is -0.176. The summed E-state index contributed by atoms with van der Waals surface area (Å²) in [6.07, 6.45) is 1.89. The molecule has 0 aliphatic heterocycles. The first-order valence-corrected chi connectivity index (χ1v) is 8.29. The van der Waals surface area contributed by atoms with Crippen LogP contribution in [0.3, 0.4) is 0 Å². The number of halogens is 2. The smallest absolute Gasteiger partial charge is 0.293 e. The molecule has 0 heterocycles. The lowest BCUT2D eigenvalue weighted by Gasteiger charge is -2.16. The van der Waals surface area contributed by atoms with Crippen molar-refractivity contribution in [3.05, 3.63) is 57.6 Å². The molecule has 1 fully saturated rings. The van der Waals surface area contributed by atoms with Crippen LogP contribution in [0.1, 0.15) is 23.2 Å². The topological polar surface area (TPSA) is 87.5 Å². The van der Waals surface area contributed by atoms with Crippen LogP contribution in [-0.4, -0.2) is 31.0 Å². The zero-order valence-electron chi connectivity index (χ0n) is 14.8. The highest BCUT2D eigenvalue weighted by Gasteiger charge is 2.25. The third-order valence-electron chi connectivity index (χ3n) is 4.12. The Morgan fingerprint density at radius 1 is 1.19 bits per heavy atom. The molecule has 0 radical (unpaired) electrons. The van der Waals surface area contributed by atoms with Crippen molar-refractivity contribution >= 4 is 28.7 Å². The minimum Gasteiger partial charge on any atom is -0.377 e. The molecule has 0 spiro atoms. The van der Waals surface area contributed by atoms with Gasteiger partial charge in [0, 0.05) is 37.5 Å². The van der Waals surface area contributed by atoms with Crippen LogP contribution >= 0.6 is 0 Å². The van der Waals surface area contributed by atoms with E-state index in [1.54, 1.807) is 0 Å². The van der Waals surface area contributed by atoms with Gasteiger partial charge in [0.05, 0.1) is 4.92 Å². The largest absolute Gasteiger partial charge is 0.377 e. The van der Waals surface area contributed by atoms with E-state index in [0.717, 1.165) is 31.0 Å². The van der Waals surface area contributed by atoms with Crippen LogP contribution in [0.2, 0.25) is 0 Å². The number of amides is 1. The summed E-state index contributed by atoms with van der Waals surface area (Å²) in [6.45, 7) is 0. The highest BCUT2D eigenvalue weighted by molar-refractivity contribution is 6.05. The summed E-state index contributed by atoms with van der Waals surface area (Å²) in [5, 5.41) is 16.7. The number of hydrogen-bond acceptors (Lipinski definition) is 5. The zero-order chi connectivity index (χ0) is 19.7. The predicted molar refractivity (Wildman–Crippen MR) is 98.4 cm³/mol. The molecule has 9 heteroatoms. The van der Waals surface area contributed by atoms with Crippen molar-refractivity contribution in [3.8, 4) is 0 Å². The fraction of sp³-hybridized carbons (Fsp3) is 0.278. The highest BCUT2D eigenvalue weighted by Crippen LogP contribution is 2.32. The standard InChI is InChI=1S/C18H18F2N4O3/c1-23(2)17-13(19)8-12(9-14(17)20)22-18(25)10-3-6-15(21-11-4-5-11)16(7-10)24(26)27/h3,6-9,11,21H,4-5H2,1-2H3,(H,22,25). The van der Waals surface area contributed by atoms with Crippen LogP contribution in [0.4, 0.5) is 31.5 Å². The number of anilines is 3. The van der Waals surface area contributed by atoms with Crippen LogP contribution in [0.5, 0.6) is 0 Å². The number of nitrogens with one attached hydrogen (secondary N) is 2. The molecular weight excluding hydrogens is 358 g/mol. The molecule has 0 bridgehead atoms. The van der Waals surface area contributed by atoms with Gasteiger partial charge < -0.3 is 15.5 Å². The van der Waals surface area contributed by atoms with E-state index in [9.17, 15) is 23.7 Å². The van der Waals surface area contributed by atoms with E-state index in [2.05, 4.69) is 10.6 Å². The molecule has 1 aliphatic rings. The van der Waals surface area contributed by atoms with Crippen molar-refractivity contribution in [1.29, 1.82) is 0 Å². The molecule has 2 aromatic rings. The van der Waals surface area contributed by atoms with E-state index in [1.165, 1.54) is 31.1 Å². The van der Waals surface area contributed by atoms with Gasteiger partial charge in [-0.05, 0) is 37.1 Å². The van der Waals surface area contributed by atoms with Gasteiger partial charge in [0.1, 0.15) is 11.4 Å². The van der Waals surface area contributed by atoms with Crippen molar-refractivity contribution in [2.75, 3.05) is 29.6 Å². The number of nitrogens with zero attached hydrogens (tertiary/aromatic N) is 2. The van der Waals surface area contributed by atoms with Gasteiger partial charge in [0.15, 0.2) is 11.6 Å². The minimum atomic E-state index is -0.828. The second-order valence-electron chi connectivity index (χ2n) is 6.54. The van der Waals surface area contributed by atoms with E-state index in [0.29, 0.717) is 5.69 Å². The fourth-order valence-electron chi connectivity index (χ4n) is 2.66. The van der Waals surface area contributed by atoms with Crippen molar-refractivity contribution in [1.82, 2.24) is 0 Å². The molecule has 1 amide bonds. The first-order chi connectivity index (χ1) is 12.8. The fourth-order valence-corrected chi connectivity index (χ4v) is 2.66. The number of hydrogen-bond donors (Lipinski definition) is 2. The van der Waals surface area contributed by atoms with Gasteiger partial charge >= 0.3 is 0 Å². The number of carbonyl (C=O) groups is 1. The summed E-state index contributed by atoms with van der Waals surface area (Å²) >= 11 is 0. The van der Waals surface area contributed by atoms with Gasteiger partial charge in [-0.1, -0.05) is 0 Å². The number of carbonyl (C=O) groups excluding carboxylic acids is 1. The van der Waals surface area contributed by atoms with Crippen molar-refractivity contribution < 1.29 is 18.5 Å². The number of nitro benzene ring substituents is 1. The Balaban J connectivity index is 1.83. The first kappa shape index (κ1) is 18.6. The maximum Gasteiger partial charge on any atom is 0.293 e. The van der Waals surface area contributed by atoms with Gasteiger partial charge in [-0.15, -0.1) is 0 Å². The van der Waals surface area contributed by atoms with Crippen LogP contribution in [-0.2, 0) is 0 Å². The number of nitro groups is 1. The average molecular weight is 376 g/mol. The first-order valence-electron chi connectivity index (χ1n) is 8.29. The Bertz CT molecular complexity index is 890. The van der Waals surface area contributed by atoms with Crippen molar-refractivity contribution in [2.24, 2.45) is 0 Å². The molecule has 0 atom stereocenters. The second-order valence-corrected chi connectivity index (χ2v) is 6.54. The number of rotatable bonds is 6. The molecule has 2 aromatic carbocycles. The SMILES string of the molecule is CN(C)c1c(F)cc(NC(=O)c2ccc(NC3CC3)c([N+](=O)[O-])c2)cc1F. The lowest BCUT2D eigenvalue weighted by molar-refractivity contribution is -0.384. The van der Waals surface area contributed by atoms with Gasteiger partial charge in [-0.2, -0.15) is 0 Å². The molecule has 3 rings (SSSR count). The molecule has 1 aliphatic carbocycles. The summed E-state index contributed by atoms with van der Waals surface area (Å²) in [6, 6.07) is 6.22. The van der Waals surface area contributed by atoms with E-state index in [4.69, 9.17) is 0 Å². The Kier molecular flexibility index (Phi) is 4.93. The van der Waals surface area contributed by atoms with E-state index in [1.807, 2.05) is 0 Å². The van der Waals surface area contributed by atoms with Crippen molar-refractivity contribution in [3.63, 3.8) is 0 Å². The molecule has 1 saturated carbocycles. The van der Waals surface area contributed by atoms with Crippen LogP contribution in [0, 0.1) is 21.7 Å². The van der Waals surface area contributed by atoms with E-state index in [-0.39, 0.29) is 28.7 Å². The molecule has 2 N–H and O–H groups in total. The lowest BCUT2D eigenvalue weighted by Crippen LogP contribution is -2.16. The molecule has 0 unspecified atom stereocenters. The monoisotopic (exact) mass is 376 g/mol. The summed E-state index contributed by atoms with van der Waals surface area (Å²) in [5.74, 6) is -2.36. The average Bonchev–Trinajstić information content (AvgIpc) is 3.37. The minimum absolute atomic E-state index is 0.0144. The molecule has 7 nitrogen and oxygen atoms in total. The molecular formula is C18H18F2N4O3. The molecule has 0 aromatic heterocycles. The third-order valence-corrected chi connectivity index (χ3v) is 4.12. The lowest BCUT2D eigenvalue weighted by atomic mass is 10.1. The number of benzene rings is 2. The van der Waals surface area contributed by atoms with Gasteiger partial charge in [0.2, 0.25) is 0 Å². The third kappa shape index (κ3) is 4.13. The second kappa shape index (κ2) is 7.18. The van der Waals surface area contributed by atoms with Gasteiger partial charge in [0.25, 0.3) is 11.6 Å². The Labute approximate surface area is 154 Å². The summed E-state index contributed by atoms with van der Waals surface area (Å²) < 4.78 is 28.1. The van der Waals surface area contributed by atoms with E-state index >= 15 is 0 Å². The van der Waals surface area contributed by atoms with Crippen LogP contribution in [0.25, 0.3) is 0 Å². The zero-order valence-corrected chi connectivity index (χ0v) is 14.8. The Hall–Kier alpha value is -3.23. The summed E-state index contributed by atoms with van der Waals surface area (Å²) in [7, 11) is 2.99. The van der Waals surface area contributed by atoms with E-state index < -0.39 is 22.5 Å². The Morgan fingerprint density at radius 2 is 1.81 bits per heavy atom. The van der Waals surface area contributed by atoms with Gasteiger partial charge in [-0.3, -0.25) is 14.9 Å².